The van der Waals surface area contributed by atoms with Crippen LogP contribution in [0, 0.1) is 17.3 Å². The van der Waals surface area contributed by atoms with Gasteiger partial charge in [-0.15, -0.1) is 0 Å². The van der Waals surface area contributed by atoms with E-state index in [1.54, 1.807) is 7.11 Å². The van der Waals surface area contributed by atoms with Crippen molar-refractivity contribution in [2.45, 2.75) is 46.1 Å². The van der Waals surface area contributed by atoms with E-state index in [0.29, 0.717) is 17.9 Å². The van der Waals surface area contributed by atoms with Gasteiger partial charge in [-0.2, -0.15) is 0 Å². The van der Waals surface area contributed by atoms with Gasteiger partial charge in [-0.05, 0) is 31.6 Å². The molecule has 2 heterocycles. The van der Waals surface area contributed by atoms with Crippen LogP contribution < -0.4 is 0 Å². The predicted molar refractivity (Wildman–Crippen MR) is 78.5 cm³/mol. The predicted octanol–water partition coefficient (Wildman–Crippen LogP) is 2.32. The number of hydrogen-bond donors (Lipinski definition) is 0. The lowest BCUT2D eigenvalue weighted by Gasteiger charge is -2.40. The van der Waals surface area contributed by atoms with Gasteiger partial charge in [-0.25, -0.2) is 0 Å². The van der Waals surface area contributed by atoms with E-state index in [9.17, 15) is 4.79 Å². The molecule has 0 aromatic rings. The Morgan fingerprint density at radius 1 is 1.45 bits per heavy atom. The molecule has 0 radical (unpaired) electrons. The molecular formula is C16H29NO3. The summed E-state index contributed by atoms with van der Waals surface area (Å²) in [7, 11) is 1.74. The quantitative estimate of drug-likeness (QED) is 0.795. The fourth-order valence-electron chi connectivity index (χ4n) is 3.62. The van der Waals surface area contributed by atoms with Gasteiger partial charge in [0.1, 0.15) is 0 Å². The molecule has 2 unspecified atom stereocenters. The first-order chi connectivity index (χ1) is 9.48. The fraction of sp³-hybridized carbons (Fsp3) is 0.938. The van der Waals surface area contributed by atoms with Gasteiger partial charge in [-0.1, -0.05) is 13.8 Å². The van der Waals surface area contributed by atoms with Gasteiger partial charge in [0.2, 0.25) is 5.91 Å². The van der Waals surface area contributed by atoms with Crippen molar-refractivity contribution in [1.29, 1.82) is 0 Å². The molecule has 4 heteroatoms. The fourth-order valence-corrected chi connectivity index (χ4v) is 3.62. The third-order valence-corrected chi connectivity index (χ3v) is 5.40. The van der Waals surface area contributed by atoms with Crippen LogP contribution in [0.5, 0.6) is 0 Å². The van der Waals surface area contributed by atoms with Crippen molar-refractivity contribution in [1.82, 2.24) is 4.90 Å². The van der Waals surface area contributed by atoms with Crippen LogP contribution in [0.1, 0.15) is 40.0 Å². The highest BCUT2D eigenvalue weighted by atomic mass is 16.5. The topological polar surface area (TPSA) is 38.8 Å². The first kappa shape index (κ1) is 15.8. The highest BCUT2D eigenvalue weighted by molar-refractivity contribution is 5.80. The van der Waals surface area contributed by atoms with E-state index >= 15 is 0 Å². The average Bonchev–Trinajstić information content (AvgIpc) is 2.79. The van der Waals surface area contributed by atoms with E-state index in [0.717, 1.165) is 45.6 Å². The summed E-state index contributed by atoms with van der Waals surface area (Å²) in [4.78, 5) is 14.9. The summed E-state index contributed by atoms with van der Waals surface area (Å²) in [6.07, 6.45) is 3.04. The summed E-state index contributed by atoms with van der Waals surface area (Å²) < 4.78 is 10.7. The zero-order chi connectivity index (χ0) is 14.8. The lowest BCUT2D eigenvalue weighted by molar-refractivity contribution is -0.142. The molecule has 4 nitrogen and oxygen atoms in total. The van der Waals surface area contributed by atoms with Crippen molar-refractivity contribution in [3.8, 4) is 0 Å². The number of ether oxygens (including phenoxy) is 2. The van der Waals surface area contributed by atoms with E-state index in [-0.39, 0.29) is 11.3 Å². The third kappa shape index (κ3) is 3.17. The number of rotatable bonds is 4. The van der Waals surface area contributed by atoms with Gasteiger partial charge in [0.25, 0.3) is 0 Å². The SMILES string of the molecule is COCC1C[C@@H](C)N(C(=O)C(C)C2(C)CCOCC2)C1. The molecule has 116 valence electrons. The van der Waals surface area contributed by atoms with E-state index in [2.05, 4.69) is 25.7 Å². The molecule has 0 aromatic carbocycles. The normalized spacial score (nSPS) is 31.3. The van der Waals surface area contributed by atoms with Crippen molar-refractivity contribution in [2.75, 3.05) is 33.5 Å². The lowest BCUT2D eigenvalue weighted by Crippen LogP contribution is -2.45. The summed E-state index contributed by atoms with van der Waals surface area (Å²) >= 11 is 0. The Morgan fingerprint density at radius 3 is 2.70 bits per heavy atom. The van der Waals surface area contributed by atoms with E-state index in [1.165, 1.54) is 0 Å². The van der Waals surface area contributed by atoms with Crippen LogP contribution in [0.4, 0.5) is 0 Å². The molecule has 2 saturated heterocycles. The molecule has 2 aliphatic heterocycles. The summed E-state index contributed by atoms with van der Waals surface area (Å²) in [6, 6.07) is 0.341. The van der Waals surface area contributed by atoms with Crippen LogP contribution in [0.3, 0.4) is 0 Å². The van der Waals surface area contributed by atoms with Crippen molar-refractivity contribution in [3.63, 3.8) is 0 Å². The molecule has 2 fully saturated rings. The summed E-state index contributed by atoms with van der Waals surface area (Å²) in [5, 5.41) is 0. The van der Waals surface area contributed by atoms with Gasteiger partial charge in [-0.3, -0.25) is 4.79 Å². The maximum absolute atomic E-state index is 12.9. The second-order valence-electron chi connectivity index (χ2n) is 6.88. The molecule has 0 saturated carbocycles. The minimum absolute atomic E-state index is 0.0788. The van der Waals surface area contributed by atoms with Crippen LogP contribution in [0.25, 0.3) is 0 Å². The molecule has 2 aliphatic rings. The number of hydrogen-bond acceptors (Lipinski definition) is 3. The van der Waals surface area contributed by atoms with Crippen molar-refractivity contribution in [3.05, 3.63) is 0 Å². The summed E-state index contributed by atoms with van der Waals surface area (Å²) in [5.74, 6) is 0.893. The second-order valence-corrected chi connectivity index (χ2v) is 6.88. The number of amides is 1. The Labute approximate surface area is 122 Å². The van der Waals surface area contributed by atoms with E-state index in [1.807, 2.05) is 0 Å². The summed E-state index contributed by atoms with van der Waals surface area (Å²) in [6.45, 7) is 9.69. The molecule has 20 heavy (non-hydrogen) atoms. The Bertz CT molecular complexity index is 339. The maximum Gasteiger partial charge on any atom is 0.226 e. The van der Waals surface area contributed by atoms with Gasteiger partial charge in [0.15, 0.2) is 0 Å². The number of carbonyl (C=O) groups excluding carboxylic acids is 1. The Kier molecular flexibility index (Phi) is 5.08. The minimum Gasteiger partial charge on any atom is -0.384 e. The maximum atomic E-state index is 12.9. The van der Waals surface area contributed by atoms with Crippen LogP contribution in [-0.4, -0.2) is 50.3 Å². The van der Waals surface area contributed by atoms with Crippen LogP contribution in [-0.2, 0) is 14.3 Å². The number of nitrogens with zero attached hydrogens (tertiary/aromatic N) is 1. The molecule has 0 bridgehead atoms. The first-order valence-electron chi connectivity index (χ1n) is 7.85. The monoisotopic (exact) mass is 283 g/mol. The zero-order valence-electron chi connectivity index (χ0n) is 13.4. The Morgan fingerprint density at radius 2 is 2.10 bits per heavy atom. The second kappa shape index (κ2) is 6.44. The first-order valence-corrected chi connectivity index (χ1v) is 7.85. The van der Waals surface area contributed by atoms with Gasteiger partial charge >= 0.3 is 0 Å². The Balaban J connectivity index is 1.99. The standard InChI is InChI=1S/C16H29NO3/c1-12-9-14(11-19-4)10-17(12)15(18)13(2)16(3)5-7-20-8-6-16/h12-14H,5-11H2,1-4H3/t12-,13?,14?/m1/s1. The molecule has 2 rings (SSSR count). The highest BCUT2D eigenvalue weighted by Crippen LogP contribution is 2.39. The van der Waals surface area contributed by atoms with Crippen LogP contribution >= 0.6 is 0 Å². The van der Waals surface area contributed by atoms with Crippen LogP contribution in [0.15, 0.2) is 0 Å². The zero-order valence-corrected chi connectivity index (χ0v) is 13.4. The largest absolute Gasteiger partial charge is 0.384 e. The van der Waals surface area contributed by atoms with E-state index < -0.39 is 0 Å². The smallest absolute Gasteiger partial charge is 0.226 e. The summed E-state index contributed by atoms with van der Waals surface area (Å²) in [5.41, 5.74) is 0.0917. The third-order valence-electron chi connectivity index (χ3n) is 5.40. The average molecular weight is 283 g/mol. The number of likely N-dealkylation sites (tertiary alicyclic amines) is 1. The minimum atomic E-state index is 0.0788. The van der Waals surface area contributed by atoms with Crippen molar-refractivity contribution < 1.29 is 14.3 Å². The molecule has 3 atom stereocenters. The molecular weight excluding hydrogens is 254 g/mol. The Hall–Kier alpha value is -0.610. The van der Waals surface area contributed by atoms with Crippen molar-refractivity contribution >= 4 is 5.91 Å². The highest BCUT2D eigenvalue weighted by Gasteiger charge is 2.42. The van der Waals surface area contributed by atoms with E-state index in [4.69, 9.17) is 9.47 Å². The van der Waals surface area contributed by atoms with Crippen molar-refractivity contribution in [2.24, 2.45) is 17.3 Å². The molecule has 0 aliphatic carbocycles. The van der Waals surface area contributed by atoms with Gasteiger partial charge in [0, 0.05) is 44.7 Å². The molecule has 0 spiro atoms. The molecule has 0 aromatic heterocycles. The molecule has 1 amide bonds. The van der Waals surface area contributed by atoms with Crippen LogP contribution in [0.2, 0.25) is 0 Å². The van der Waals surface area contributed by atoms with Gasteiger partial charge in [0.05, 0.1) is 6.61 Å². The lowest BCUT2D eigenvalue weighted by atomic mass is 9.71. The molecule has 0 N–H and O–H groups in total. The number of methoxy groups -OCH3 is 1. The van der Waals surface area contributed by atoms with Gasteiger partial charge < -0.3 is 14.4 Å². The number of carbonyl (C=O) groups is 1.